The van der Waals surface area contributed by atoms with Crippen LogP contribution in [0.1, 0.15) is 5.56 Å². The minimum atomic E-state index is -0.110. The number of hydrogen-bond donors (Lipinski definition) is 3. The number of nitrogens with one attached hydrogen (secondary N) is 3. The van der Waals surface area contributed by atoms with Gasteiger partial charge in [0.05, 0.1) is 20.3 Å². The topological polar surface area (TPSA) is 84.0 Å². The SMILES string of the molecule is CN=C(NCC(=O)NCCOC)NCc1cccc(OC)c1. The molecule has 7 heteroatoms. The number of carbonyl (C=O) groups excluding carboxylic acids is 1. The van der Waals surface area contributed by atoms with Gasteiger partial charge in [-0.15, -0.1) is 0 Å². The van der Waals surface area contributed by atoms with Crippen LogP contribution in [0.3, 0.4) is 0 Å². The molecule has 22 heavy (non-hydrogen) atoms. The van der Waals surface area contributed by atoms with Gasteiger partial charge in [0.2, 0.25) is 5.91 Å². The summed E-state index contributed by atoms with van der Waals surface area (Å²) in [5.41, 5.74) is 1.06. The van der Waals surface area contributed by atoms with E-state index in [0.717, 1.165) is 11.3 Å². The van der Waals surface area contributed by atoms with Crippen LogP contribution < -0.4 is 20.7 Å². The van der Waals surface area contributed by atoms with Crippen molar-refractivity contribution in [1.82, 2.24) is 16.0 Å². The molecule has 0 aliphatic carbocycles. The minimum Gasteiger partial charge on any atom is -0.497 e. The van der Waals surface area contributed by atoms with Crippen molar-refractivity contribution in [3.8, 4) is 5.75 Å². The number of hydrogen-bond acceptors (Lipinski definition) is 4. The molecule has 0 radical (unpaired) electrons. The van der Waals surface area contributed by atoms with Crippen molar-refractivity contribution in [3.63, 3.8) is 0 Å². The molecule has 1 rings (SSSR count). The van der Waals surface area contributed by atoms with Crippen LogP contribution in [0, 0.1) is 0 Å². The molecule has 1 amide bonds. The van der Waals surface area contributed by atoms with Crippen LogP contribution in [-0.4, -0.2) is 52.8 Å². The number of guanidine groups is 1. The van der Waals surface area contributed by atoms with Crippen LogP contribution in [0.5, 0.6) is 5.75 Å². The molecule has 0 atom stereocenters. The van der Waals surface area contributed by atoms with E-state index in [9.17, 15) is 4.79 Å². The highest BCUT2D eigenvalue weighted by molar-refractivity contribution is 5.86. The Bertz CT molecular complexity index is 491. The van der Waals surface area contributed by atoms with Crippen LogP contribution >= 0.6 is 0 Å². The van der Waals surface area contributed by atoms with E-state index in [1.54, 1.807) is 21.3 Å². The lowest BCUT2D eigenvalue weighted by Crippen LogP contribution is -2.43. The molecule has 7 nitrogen and oxygen atoms in total. The lowest BCUT2D eigenvalue weighted by Gasteiger charge is -2.12. The maximum Gasteiger partial charge on any atom is 0.239 e. The second-order valence-corrected chi connectivity index (χ2v) is 4.47. The van der Waals surface area contributed by atoms with E-state index in [1.807, 2.05) is 24.3 Å². The number of aliphatic imine (C=N–C) groups is 1. The quantitative estimate of drug-likeness (QED) is 0.361. The standard InChI is InChI=1S/C15H24N4O3/c1-16-15(19-11-14(20)17-7-8-21-2)18-10-12-5-4-6-13(9-12)22-3/h4-6,9H,7-8,10-11H2,1-3H3,(H,17,20)(H2,16,18,19). The van der Waals surface area contributed by atoms with Crippen LogP contribution in [0.2, 0.25) is 0 Å². The van der Waals surface area contributed by atoms with Gasteiger partial charge in [0.15, 0.2) is 5.96 Å². The Hall–Kier alpha value is -2.28. The van der Waals surface area contributed by atoms with E-state index in [2.05, 4.69) is 20.9 Å². The fraction of sp³-hybridized carbons (Fsp3) is 0.467. The molecular weight excluding hydrogens is 284 g/mol. The third kappa shape index (κ3) is 6.94. The first-order valence-corrected chi connectivity index (χ1v) is 7.02. The average Bonchev–Trinajstić information content (AvgIpc) is 2.55. The summed E-state index contributed by atoms with van der Waals surface area (Å²) >= 11 is 0. The highest BCUT2D eigenvalue weighted by Gasteiger charge is 2.03. The third-order valence-corrected chi connectivity index (χ3v) is 2.86. The van der Waals surface area contributed by atoms with Crippen LogP contribution in [0.15, 0.2) is 29.3 Å². The van der Waals surface area contributed by atoms with E-state index in [0.29, 0.717) is 25.7 Å². The van der Waals surface area contributed by atoms with Crippen molar-refractivity contribution in [3.05, 3.63) is 29.8 Å². The maximum absolute atomic E-state index is 11.6. The van der Waals surface area contributed by atoms with Gasteiger partial charge < -0.3 is 25.4 Å². The van der Waals surface area contributed by atoms with Crippen molar-refractivity contribution in [2.75, 3.05) is 41.0 Å². The first-order chi connectivity index (χ1) is 10.7. The zero-order chi connectivity index (χ0) is 16.2. The number of amides is 1. The Balaban J connectivity index is 2.34. The van der Waals surface area contributed by atoms with Crippen LogP contribution in [0.4, 0.5) is 0 Å². The Morgan fingerprint density at radius 2 is 2.05 bits per heavy atom. The molecule has 0 aliphatic heterocycles. The summed E-state index contributed by atoms with van der Waals surface area (Å²) in [6.45, 7) is 1.73. The Morgan fingerprint density at radius 1 is 1.23 bits per heavy atom. The molecular formula is C15H24N4O3. The average molecular weight is 308 g/mol. The van der Waals surface area contributed by atoms with Crippen molar-refractivity contribution in [2.45, 2.75) is 6.54 Å². The van der Waals surface area contributed by atoms with Crippen LogP contribution in [-0.2, 0) is 16.1 Å². The zero-order valence-corrected chi connectivity index (χ0v) is 13.3. The predicted octanol–water partition coefficient (Wildman–Crippen LogP) is 0.123. The van der Waals surface area contributed by atoms with Gasteiger partial charge in [-0.3, -0.25) is 9.79 Å². The van der Waals surface area contributed by atoms with Gasteiger partial charge in [0.25, 0.3) is 0 Å². The highest BCUT2D eigenvalue weighted by atomic mass is 16.5. The molecule has 0 spiro atoms. The Morgan fingerprint density at radius 3 is 2.73 bits per heavy atom. The molecule has 1 aromatic carbocycles. The second kappa shape index (κ2) is 10.4. The van der Waals surface area contributed by atoms with Gasteiger partial charge in [-0.1, -0.05) is 12.1 Å². The largest absolute Gasteiger partial charge is 0.497 e. The van der Waals surface area contributed by atoms with E-state index in [1.165, 1.54) is 0 Å². The molecule has 0 heterocycles. The van der Waals surface area contributed by atoms with E-state index >= 15 is 0 Å². The lowest BCUT2D eigenvalue weighted by atomic mass is 10.2. The van der Waals surface area contributed by atoms with Gasteiger partial charge in [0, 0.05) is 27.2 Å². The number of methoxy groups -OCH3 is 2. The van der Waals surface area contributed by atoms with Crippen molar-refractivity contribution < 1.29 is 14.3 Å². The van der Waals surface area contributed by atoms with Crippen molar-refractivity contribution >= 4 is 11.9 Å². The first-order valence-electron chi connectivity index (χ1n) is 7.02. The van der Waals surface area contributed by atoms with E-state index < -0.39 is 0 Å². The number of rotatable bonds is 8. The fourth-order valence-corrected chi connectivity index (χ4v) is 1.71. The van der Waals surface area contributed by atoms with Crippen molar-refractivity contribution in [2.24, 2.45) is 4.99 Å². The van der Waals surface area contributed by atoms with E-state index in [4.69, 9.17) is 9.47 Å². The molecule has 0 saturated carbocycles. The normalized spacial score (nSPS) is 11.0. The molecule has 1 aromatic rings. The Labute approximate surface area is 131 Å². The number of ether oxygens (including phenoxy) is 2. The zero-order valence-electron chi connectivity index (χ0n) is 13.3. The first kappa shape index (κ1) is 17.8. The Kier molecular flexibility index (Phi) is 8.44. The summed E-state index contributed by atoms with van der Waals surface area (Å²) in [4.78, 5) is 15.6. The summed E-state index contributed by atoms with van der Waals surface area (Å²) in [5.74, 6) is 1.26. The van der Waals surface area contributed by atoms with Gasteiger partial charge in [-0.2, -0.15) is 0 Å². The van der Waals surface area contributed by atoms with E-state index in [-0.39, 0.29) is 12.5 Å². The molecule has 0 saturated heterocycles. The molecule has 0 aromatic heterocycles. The summed E-state index contributed by atoms with van der Waals surface area (Å²) < 4.78 is 10.0. The number of carbonyl (C=O) groups is 1. The van der Waals surface area contributed by atoms with Gasteiger partial charge in [-0.25, -0.2) is 0 Å². The summed E-state index contributed by atoms with van der Waals surface area (Å²) in [6, 6.07) is 7.74. The molecule has 0 bridgehead atoms. The molecule has 3 N–H and O–H groups in total. The molecule has 0 fully saturated rings. The monoisotopic (exact) mass is 308 g/mol. The minimum absolute atomic E-state index is 0.110. The molecule has 122 valence electrons. The van der Waals surface area contributed by atoms with Gasteiger partial charge >= 0.3 is 0 Å². The predicted molar refractivity (Wildman–Crippen MR) is 86.1 cm³/mol. The summed E-state index contributed by atoms with van der Waals surface area (Å²) in [5, 5.41) is 8.81. The number of nitrogens with zero attached hydrogens (tertiary/aromatic N) is 1. The summed E-state index contributed by atoms with van der Waals surface area (Å²) in [7, 11) is 4.88. The summed E-state index contributed by atoms with van der Waals surface area (Å²) in [6.07, 6.45) is 0. The van der Waals surface area contributed by atoms with Gasteiger partial charge in [0.1, 0.15) is 5.75 Å². The smallest absolute Gasteiger partial charge is 0.239 e. The van der Waals surface area contributed by atoms with Crippen LogP contribution in [0.25, 0.3) is 0 Å². The fourth-order valence-electron chi connectivity index (χ4n) is 1.71. The second-order valence-electron chi connectivity index (χ2n) is 4.47. The maximum atomic E-state index is 11.6. The molecule has 0 unspecified atom stereocenters. The van der Waals surface area contributed by atoms with Gasteiger partial charge in [-0.05, 0) is 17.7 Å². The lowest BCUT2D eigenvalue weighted by molar-refractivity contribution is -0.120. The third-order valence-electron chi connectivity index (χ3n) is 2.86. The van der Waals surface area contributed by atoms with Crippen molar-refractivity contribution in [1.29, 1.82) is 0 Å². The highest BCUT2D eigenvalue weighted by Crippen LogP contribution is 2.11. The number of benzene rings is 1. The molecule has 0 aliphatic rings.